The molecule has 1 saturated heterocycles. The highest BCUT2D eigenvalue weighted by Crippen LogP contribution is 2.39. The zero-order valence-corrected chi connectivity index (χ0v) is 13.3. The fourth-order valence-electron chi connectivity index (χ4n) is 3.83. The smallest absolute Gasteiger partial charge is 0.313 e. The van der Waals surface area contributed by atoms with E-state index >= 15 is 0 Å². The Bertz CT molecular complexity index is 311. The summed E-state index contributed by atoms with van der Waals surface area (Å²) in [5.74, 6) is -0.597. The van der Waals surface area contributed by atoms with Gasteiger partial charge in [0.25, 0.3) is 0 Å². The molecule has 1 saturated carbocycles. The fourth-order valence-corrected chi connectivity index (χ4v) is 3.83. The normalized spacial score (nSPS) is 31.3. The first-order valence-corrected chi connectivity index (χ1v) is 8.40. The zero-order valence-electron chi connectivity index (χ0n) is 13.3. The van der Waals surface area contributed by atoms with Crippen molar-refractivity contribution in [1.82, 2.24) is 10.2 Å². The molecule has 0 aromatic rings. The molecule has 2 aliphatic rings. The lowest BCUT2D eigenvalue weighted by atomic mass is 9.84. The van der Waals surface area contributed by atoms with Crippen LogP contribution in [-0.4, -0.2) is 42.8 Å². The van der Waals surface area contributed by atoms with E-state index in [1.165, 1.54) is 6.42 Å². The molecular weight excluding hydrogens is 277 g/mol. The van der Waals surface area contributed by atoms with Crippen molar-refractivity contribution in [2.24, 2.45) is 11.8 Å². The van der Waals surface area contributed by atoms with Crippen molar-refractivity contribution in [3.8, 4) is 0 Å². The van der Waals surface area contributed by atoms with Crippen molar-refractivity contribution in [1.29, 1.82) is 0 Å². The minimum absolute atomic E-state index is 0.107. The van der Waals surface area contributed by atoms with Gasteiger partial charge in [0.2, 0.25) is 0 Å². The van der Waals surface area contributed by atoms with Crippen LogP contribution in [0.5, 0.6) is 0 Å². The van der Waals surface area contributed by atoms with Crippen LogP contribution in [0.3, 0.4) is 0 Å². The second kappa shape index (κ2) is 7.32. The molecule has 0 amide bonds. The molecule has 1 aliphatic carbocycles. The molecule has 0 radical (unpaired) electrons. The molecule has 0 spiro atoms. The van der Waals surface area contributed by atoms with E-state index in [0.29, 0.717) is 31.2 Å². The van der Waals surface area contributed by atoms with Crippen LogP contribution in [0.2, 0.25) is 0 Å². The first-order valence-electron chi connectivity index (χ1n) is 8.40. The van der Waals surface area contributed by atoms with Crippen molar-refractivity contribution >= 4 is 0 Å². The highest BCUT2D eigenvalue weighted by atomic mass is 19.4. The third-order valence-electron chi connectivity index (χ3n) is 4.84. The van der Waals surface area contributed by atoms with Gasteiger partial charge in [-0.05, 0) is 44.6 Å². The third kappa shape index (κ3) is 5.13. The molecule has 2 nitrogen and oxygen atoms in total. The maximum Gasteiger partial charge on any atom is 0.391 e. The van der Waals surface area contributed by atoms with Gasteiger partial charge in [0.15, 0.2) is 0 Å². The SMILES string of the molecule is CC(C)CN(CC1CCCN1)C1CCCC(C(F)(F)F)C1. The Balaban J connectivity index is 1.97. The summed E-state index contributed by atoms with van der Waals surface area (Å²) in [7, 11) is 0. The van der Waals surface area contributed by atoms with E-state index in [2.05, 4.69) is 24.1 Å². The van der Waals surface area contributed by atoms with E-state index in [-0.39, 0.29) is 6.04 Å². The van der Waals surface area contributed by atoms with Gasteiger partial charge in [0.05, 0.1) is 5.92 Å². The van der Waals surface area contributed by atoms with Gasteiger partial charge >= 0.3 is 6.18 Å². The quantitative estimate of drug-likeness (QED) is 0.831. The van der Waals surface area contributed by atoms with Crippen molar-refractivity contribution in [2.75, 3.05) is 19.6 Å². The van der Waals surface area contributed by atoms with Crippen molar-refractivity contribution in [3.63, 3.8) is 0 Å². The van der Waals surface area contributed by atoms with Crippen molar-refractivity contribution < 1.29 is 13.2 Å². The molecule has 124 valence electrons. The zero-order chi connectivity index (χ0) is 15.5. The summed E-state index contributed by atoms with van der Waals surface area (Å²) in [4.78, 5) is 2.34. The Labute approximate surface area is 126 Å². The third-order valence-corrected chi connectivity index (χ3v) is 4.84. The maximum atomic E-state index is 13.0. The molecule has 5 heteroatoms. The summed E-state index contributed by atoms with van der Waals surface area (Å²) in [5.41, 5.74) is 0. The molecule has 1 heterocycles. The molecule has 3 unspecified atom stereocenters. The summed E-state index contributed by atoms with van der Waals surface area (Å²) in [6, 6.07) is 0.574. The Kier molecular flexibility index (Phi) is 5.95. The number of nitrogens with zero attached hydrogens (tertiary/aromatic N) is 1. The van der Waals surface area contributed by atoms with E-state index < -0.39 is 12.1 Å². The Morgan fingerprint density at radius 1 is 1.14 bits per heavy atom. The summed E-state index contributed by atoms with van der Waals surface area (Å²) in [6.45, 7) is 7.18. The average Bonchev–Trinajstić information content (AvgIpc) is 2.89. The Hall–Kier alpha value is -0.290. The molecule has 2 fully saturated rings. The summed E-state index contributed by atoms with van der Waals surface area (Å²) < 4.78 is 39.0. The largest absolute Gasteiger partial charge is 0.391 e. The number of rotatable bonds is 5. The number of hydrogen-bond donors (Lipinski definition) is 1. The van der Waals surface area contributed by atoms with Crippen LogP contribution in [0.4, 0.5) is 13.2 Å². The van der Waals surface area contributed by atoms with Crippen LogP contribution in [0.1, 0.15) is 52.4 Å². The summed E-state index contributed by atoms with van der Waals surface area (Å²) >= 11 is 0. The molecule has 1 N–H and O–H groups in total. The Morgan fingerprint density at radius 3 is 2.48 bits per heavy atom. The molecule has 1 aliphatic heterocycles. The fraction of sp³-hybridized carbons (Fsp3) is 1.00. The second-order valence-corrected chi connectivity index (χ2v) is 7.20. The van der Waals surface area contributed by atoms with Gasteiger partial charge in [0, 0.05) is 25.2 Å². The number of nitrogens with one attached hydrogen (secondary N) is 1. The molecule has 21 heavy (non-hydrogen) atoms. The highest BCUT2D eigenvalue weighted by molar-refractivity contribution is 4.87. The van der Waals surface area contributed by atoms with Crippen molar-refractivity contribution in [3.05, 3.63) is 0 Å². The van der Waals surface area contributed by atoms with Gasteiger partial charge in [-0.3, -0.25) is 4.90 Å². The van der Waals surface area contributed by atoms with Gasteiger partial charge in [0.1, 0.15) is 0 Å². The standard InChI is InChI=1S/C16H29F3N2/c1-12(2)10-21(11-14-6-4-8-20-14)15-7-3-5-13(9-15)16(17,18)19/h12-15,20H,3-11H2,1-2H3. The second-order valence-electron chi connectivity index (χ2n) is 7.20. The van der Waals surface area contributed by atoms with Crippen molar-refractivity contribution in [2.45, 2.75) is 70.6 Å². The highest BCUT2D eigenvalue weighted by Gasteiger charge is 2.43. The molecular formula is C16H29F3N2. The van der Waals surface area contributed by atoms with Crippen LogP contribution in [0, 0.1) is 11.8 Å². The molecule has 0 aromatic heterocycles. The van der Waals surface area contributed by atoms with E-state index in [1.54, 1.807) is 0 Å². The first kappa shape index (κ1) is 17.1. The van der Waals surface area contributed by atoms with E-state index in [0.717, 1.165) is 32.5 Å². The van der Waals surface area contributed by atoms with Crippen LogP contribution in [0.25, 0.3) is 0 Å². The minimum atomic E-state index is -4.02. The minimum Gasteiger partial charge on any atom is -0.313 e. The van der Waals surface area contributed by atoms with Crippen LogP contribution >= 0.6 is 0 Å². The van der Waals surface area contributed by atoms with Gasteiger partial charge in [-0.15, -0.1) is 0 Å². The number of halogens is 3. The van der Waals surface area contributed by atoms with Gasteiger partial charge in [-0.1, -0.05) is 20.3 Å². The Morgan fingerprint density at radius 2 is 1.90 bits per heavy atom. The summed E-state index contributed by atoms with van der Waals surface area (Å²) in [6.07, 6.45) is 0.571. The summed E-state index contributed by atoms with van der Waals surface area (Å²) in [5, 5.41) is 3.48. The molecule has 0 bridgehead atoms. The van der Waals surface area contributed by atoms with E-state index in [4.69, 9.17) is 0 Å². The van der Waals surface area contributed by atoms with Gasteiger partial charge < -0.3 is 5.32 Å². The van der Waals surface area contributed by atoms with Crippen LogP contribution < -0.4 is 5.32 Å². The predicted molar refractivity (Wildman–Crippen MR) is 79.2 cm³/mol. The van der Waals surface area contributed by atoms with Gasteiger partial charge in [-0.2, -0.15) is 13.2 Å². The molecule has 3 atom stereocenters. The van der Waals surface area contributed by atoms with Gasteiger partial charge in [-0.25, -0.2) is 0 Å². The first-order chi connectivity index (χ1) is 9.86. The number of hydrogen-bond acceptors (Lipinski definition) is 2. The lowest BCUT2D eigenvalue weighted by Gasteiger charge is -2.40. The molecule has 0 aromatic carbocycles. The van der Waals surface area contributed by atoms with E-state index in [1.807, 2.05) is 0 Å². The van der Waals surface area contributed by atoms with Crippen LogP contribution in [0.15, 0.2) is 0 Å². The molecule has 2 rings (SSSR count). The maximum absolute atomic E-state index is 13.0. The van der Waals surface area contributed by atoms with E-state index in [9.17, 15) is 13.2 Å². The monoisotopic (exact) mass is 306 g/mol. The van der Waals surface area contributed by atoms with Crippen LogP contribution in [-0.2, 0) is 0 Å². The topological polar surface area (TPSA) is 15.3 Å². The lowest BCUT2D eigenvalue weighted by Crippen LogP contribution is -2.48. The number of alkyl halides is 3. The predicted octanol–water partition coefficient (Wildman–Crippen LogP) is 3.82. The lowest BCUT2D eigenvalue weighted by molar-refractivity contribution is -0.187. The average molecular weight is 306 g/mol.